The first-order chi connectivity index (χ1) is 7.22. The highest BCUT2D eigenvalue weighted by Crippen LogP contribution is 2.19. The third kappa shape index (κ3) is 1.73. The molecule has 1 aromatic heterocycles. The zero-order valence-corrected chi connectivity index (χ0v) is 9.28. The van der Waals surface area contributed by atoms with Gasteiger partial charge >= 0.3 is 0 Å². The van der Waals surface area contributed by atoms with E-state index in [1.54, 1.807) is 6.20 Å². The van der Waals surface area contributed by atoms with Gasteiger partial charge in [-0.3, -0.25) is 4.57 Å². The Morgan fingerprint density at radius 2 is 2.07 bits per heavy atom. The average Bonchev–Trinajstić information content (AvgIpc) is 2.65. The van der Waals surface area contributed by atoms with Gasteiger partial charge in [-0.2, -0.15) is 0 Å². The summed E-state index contributed by atoms with van der Waals surface area (Å²) in [4.78, 5) is 4.23. The van der Waals surface area contributed by atoms with Gasteiger partial charge in [-0.1, -0.05) is 17.7 Å². The van der Waals surface area contributed by atoms with Gasteiger partial charge in [-0.15, -0.1) is 0 Å². The van der Waals surface area contributed by atoms with Crippen molar-refractivity contribution >= 4 is 5.95 Å². The van der Waals surface area contributed by atoms with E-state index < -0.39 is 0 Å². The molecule has 0 atom stereocenters. The topological polar surface area (TPSA) is 29.9 Å². The van der Waals surface area contributed by atoms with Crippen LogP contribution in [0.3, 0.4) is 0 Å². The van der Waals surface area contributed by atoms with E-state index >= 15 is 0 Å². The average molecular weight is 201 g/mol. The number of nitrogens with zero attached hydrogens (tertiary/aromatic N) is 2. The zero-order chi connectivity index (χ0) is 10.8. The fraction of sp³-hybridized carbons (Fsp3) is 0.250. The Morgan fingerprint density at radius 1 is 1.27 bits per heavy atom. The molecule has 0 aliphatic heterocycles. The Morgan fingerprint density at radius 3 is 2.73 bits per heavy atom. The second kappa shape index (κ2) is 3.77. The molecule has 78 valence electrons. The summed E-state index contributed by atoms with van der Waals surface area (Å²) in [5, 5.41) is 3.07. The lowest BCUT2D eigenvalue weighted by Crippen LogP contribution is -2.02. The van der Waals surface area contributed by atoms with Crippen molar-refractivity contribution in [1.29, 1.82) is 0 Å². The zero-order valence-electron chi connectivity index (χ0n) is 9.28. The van der Waals surface area contributed by atoms with Gasteiger partial charge in [0.2, 0.25) is 5.95 Å². The van der Waals surface area contributed by atoms with Gasteiger partial charge in [0.05, 0.1) is 5.69 Å². The number of rotatable bonds is 2. The van der Waals surface area contributed by atoms with Crippen LogP contribution in [0.5, 0.6) is 0 Å². The highest BCUT2D eigenvalue weighted by atomic mass is 15.2. The van der Waals surface area contributed by atoms with Crippen LogP contribution in [0.4, 0.5) is 5.95 Å². The van der Waals surface area contributed by atoms with E-state index in [2.05, 4.69) is 46.9 Å². The van der Waals surface area contributed by atoms with Crippen molar-refractivity contribution in [1.82, 2.24) is 9.55 Å². The van der Waals surface area contributed by atoms with Gasteiger partial charge in [-0.25, -0.2) is 4.98 Å². The third-order valence-electron chi connectivity index (χ3n) is 2.48. The highest BCUT2D eigenvalue weighted by Gasteiger charge is 2.05. The minimum absolute atomic E-state index is 0.863. The molecular formula is C12H15N3. The van der Waals surface area contributed by atoms with E-state index in [9.17, 15) is 0 Å². The van der Waals surface area contributed by atoms with Gasteiger partial charge in [-0.05, 0) is 25.5 Å². The fourth-order valence-electron chi connectivity index (χ4n) is 1.76. The molecule has 3 nitrogen and oxygen atoms in total. The van der Waals surface area contributed by atoms with Crippen molar-refractivity contribution in [3.63, 3.8) is 0 Å². The number of hydrogen-bond donors (Lipinski definition) is 1. The largest absolute Gasteiger partial charge is 0.358 e. The van der Waals surface area contributed by atoms with Gasteiger partial charge in [0.1, 0.15) is 0 Å². The number of hydrogen-bond acceptors (Lipinski definition) is 2. The van der Waals surface area contributed by atoms with E-state index in [4.69, 9.17) is 0 Å². The van der Waals surface area contributed by atoms with Crippen LogP contribution < -0.4 is 5.32 Å². The van der Waals surface area contributed by atoms with Gasteiger partial charge in [0.15, 0.2) is 0 Å². The second-order valence-electron chi connectivity index (χ2n) is 3.66. The smallest absolute Gasteiger partial charge is 0.207 e. The quantitative estimate of drug-likeness (QED) is 0.809. The summed E-state index contributed by atoms with van der Waals surface area (Å²) in [6.45, 7) is 4.21. The van der Waals surface area contributed by atoms with E-state index in [0.717, 1.165) is 5.95 Å². The molecule has 0 radical (unpaired) electrons. The molecule has 0 aliphatic rings. The molecule has 0 aliphatic carbocycles. The molecule has 1 heterocycles. The lowest BCUT2D eigenvalue weighted by atomic mass is 10.1. The molecule has 15 heavy (non-hydrogen) atoms. The molecule has 0 saturated carbocycles. The predicted octanol–water partition coefficient (Wildman–Crippen LogP) is 2.53. The van der Waals surface area contributed by atoms with E-state index in [1.807, 2.05) is 13.2 Å². The van der Waals surface area contributed by atoms with Gasteiger partial charge in [0, 0.05) is 19.4 Å². The van der Waals surface area contributed by atoms with Crippen molar-refractivity contribution in [3.05, 3.63) is 41.7 Å². The summed E-state index contributed by atoms with van der Waals surface area (Å²) in [7, 11) is 1.88. The molecule has 0 spiro atoms. The Kier molecular flexibility index (Phi) is 2.46. The molecule has 0 fully saturated rings. The lowest BCUT2D eigenvalue weighted by molar-refractivity contribution is 1.04. The molecule has 1 aromatic carbocycles. The fourth-order valence-corrected chi connectivity index (χ4v) is 1.76. The number of aryl methyl sites for hydroxylation is 2. The molecule has 2 aromatic rings. The monoisotopic (exact) mass is 201 g/mol. The Bertz CT molecular complexity index is 471. The van der Waals surface area contributed by atoms with Crippen LogP contribution in [0.25, 0.3) is 5.69 Å². The van der Waals surface area contributed by atoms with Crippen molar-refractivity contribution in [3.8, 4) is 5.69 Å². The molecule has 1 N–H and O–H groups in total. The van der Waals surface area contributed by atoms with Crippen LogP contribution >= 0.6 is 0 Å². The first-order valence-corrected chi connectivity index (χ1v) is 5.01. The van der Waals surface area contributed by atoms with Crippen LogP contribution in [-0.2, 0) is 0 Å². The molecule has 3 heteroatoms. The minimum Gasteiger partial charge on any atom is -0.358 e. The summed E-state index contributed by atoms with van der Waals surface area (Å²) in [5.74, 6) is 0.863. The van der Waals surface area contributed by atoms with Crippen molar-refractivity contribution in [2.75, 3.05) is 12.4 Å². The molecule has 0 bridgehead atoms. The predicted molar refractivity (Wildman–Crippen MR) is 62.6 cm³/mol. The summed E-state index contributed by atoms with van der Waals surface area (Å²) in [6.07, 6.45) is 3.76. The molecule has 2 rings (SSSR count). The van der Waals surface area contributed by atoms with Gasteiger partial charge < -0.3 is 5.32 Å². The van der Waals surface area contributed by atoms with E-state index in [1.165, 1.54) is 16.8 Å². The maximum Gasteiger partial charge on any atom is 0.207 e. The first-order valence-electron chi connectivity index (χ1n) is 5.01. The summed E-state index contributed by atoms with van der Waals surface area (Å²) < 4.78 is 2.05. The van der Waals surface area contributed by atoms with E-state index in [0.29, 0.717) is 0 Å². The second-order valence-corrected chi connectivity index (χ2v) is 3.66. The van der Waals surface area contributed by atoms with Crippen molar-refractivity contribution in [2.45, 2.75) is 13.8 Å². The molecule has 0 saturated heterocycles. The lowest BCUT2D eigenvalue weighted by Gasteiger charge is -2.10. The third-order valence-corrected chi connectivity index (χ3v) is 2.48. The van der Waals surface area contributed by atoms with Crippen LogP contribution in [0.2, 0.25) is 0 Å². The van der Waals surface area contributed by atoms with Crippen LogP contribution in [0.1, 0.15) is 11.1 Å². The minimum atomic E-state index is 0.863. The number of anilines is 1. The Hall–Kier alpha value is -1.77. The number of nitrogens with one attached hydrogen (secondary N) is 1. The summed E-state index contributed by atoms with van der Waals surface area (Å²) in [6, 6.07) is 6.41. The maximum absolute atomic E-state index is 4.23. The number of imidazole rings is 1. The first kappa shape index (κ1) is 9.77. The van der Waals surface area contributed by atoms with Crippen molar-refractivity contribution < 1.29 is 0 Å². The molecular weight excluding hydrogens is 186 g/mol. The Balaban J connectivity index is 2.54. The summed E-state index contributed by atoms with van der Waals surface area (Å²) in [5.41, 5.74) is 3.70. The van der Waals surface area contributed by atoms with Gasteiger partial charge in [0.25, 0.3) is 0 Å². The van der Waals surface area contributed by atoms with Crippen LogP contribution in [-0.4, -0.2) is 16.6 Å². The van der Waals surface area contributed by atoms with E-state index in [-0.39, 0.29) is 0 Å². The number of aromatic nitrogens is 2. The molecule has 0 unspecified atom stereocenters. The Labute approximate surface area is 89.8 Å². The summed E-state index contributed by atoms with van der Waals surface area (Å²) >= 11 is 0. The number of benzene rings is 1. The SMILES string of the molecule is CNc1nccn1-c1ccc(C)cc1C. The van der Waals surface area contributed by atoms with Crippen LogP contribution in [0.15, 0.2) is 30.6 Å². The van der Waals surface area contributed by atoms with Crippen molar-refractivity contribution in [2.24, 2.45) is 0 Å². The molecule has 0 amide bonds. The normalized spacial score (nSPS) is 10.3. The maximum atomic E-state index is 4.23. The standard InChI is InChI=1S/C12H15N3/c1-9-4-5-11(10(2)8-9)15-7-6-14-12(15)13-3/h4-8H,1-3H3,(H,13,14). The van der Waals surface area contributed by atoms with Crippen LogP contribution in [0, 0.1) is 13.8 Å². The highest BCUT2D eigenvalue weighted by molar-refractivity contribution is 5.47.